The van der Waals surface area contributed by atoms with Crippen LogP contribution in [-0.2, 0) is 6.42 Å². The van der Waals surface area contributed by atoms with Crippen LogP contribution in [0.15, 0.2) is 60.8 Å². The molecule has 3 aromatic rings. The standard InChI is InChI=1S/C21H19F2N3O2/c1-28-19-5-3-2-4-14(19)10-11-24-20-9-7-16(13-25-20)26-21(27)15-6-8-17(22)18(23)12-15/h2-9,12-13H,10-11H2,1H3,(H,24,25)(H,26,27). The highest BCUT2D eigenvalue weighted by Crippen LogP contribution is 2.18. The van der Waals surface area contributed by atoms with Crippen molar-refractivity contribution in [3.8, 4) is 5.75 Å². The van der Waals surface area contributed by atoms with Crippen molar-refractivity contribution in [2.45, 2.75) is 6.42 Å². The lowest BCUT2D eigenvalue weighted by Gasteiger charge is -2.10. The second kappa shape index (κ2) is 8.94. The van der Waals surface area contributed by atoms with Gasteiger partial charge in [0.25, 0.3) is 5.91 Å². The lowest BCUT2D eigenvalue weighted by molar-refractivity contribution is 0.102. The third-order valence-corrected chi connectivity index (χ3v) is 4.10. The van der Waals surface area contributed by atoms with Gasteiger partial charge in [-0.05, 0) is 48.4 Å². The van der Waals surface area contributed by atoms with Crippen LogP contribution in [0, 0.1) is 11.6 Å². The molecule has 144 valence electrons. The Morgan fingerprint density at radius 2 is 1.89 bits per heavy atom. The first-order valence-electron chi connectivity index (χ1n) is 8.65. The molecule has 0 saturated heterocycles. The lowest BCUT2D eigenvalue weighted by atomic mass is 10.1. The van der Waals surface area contributed by atoms with Crippen LogP contribution in [0.5, 0.6) is 5.75 Å². The van der Waals surface area contributed by atoms with E-state index < -0.39 is 17.5 Å². The van der Waals surface area contributed by atoms with Gasteiger partial charge in [-0.2, -0.15) is 0 Å². The molecule has 0 aliphatic heterocycles. The number of amides is 1. The summed E-state index contributed by atoms with van der Waals surface area (Å²) in [5, 5.41) is 5.79. The van der Waals surface area contributed by atoms with Crippen LogP contribution in [-0.4, -0.2) is 24.5 Å². The summed E-state index contributed by atoms with van der Waals surface area (Å²) in [6, 6.07) is 14.2. The second-order valence-electron chi connectivity index (χ2n) is 6.00. The Morgan fingerprint density at radius 3 is 2.61 bits per heavy atom. The van der Waals surface area contributed by atoms with E-state index in [1.54, 1.807) is 19.2 Å². The minimum absolute atomic E-state index is 0.0258. The number of methoxy groups -OCH3 is 1. The van der Waals surface area contributed by atoms with Crippen LogP contribution in [0.2, 0.25) is 0 Å². The highest BCUT2D eigenvalue weighted by Gasteiger charge is 2.10. The first-order valence-corrected chi connectivity index (χ1v) is 8.65. The zero-order valence-corrected chi connectivity index (χ0v) is 15.2. The summed E-state index contributed by atoms with van der Waals surface area (Å²) in [7, 11) is 1.64. The molecule has 0 aliphatic carbocycles. The molecule has 0 aliphatic rings. The van der Waals surface area contributed by atoms with Crippen LogP contribution in [0.3, 0.4) is 0 Å². The zero-order valence-electron chi connectivity index (χ0n) is 15.2. The molecule has 1 heterocycles. The van der Waals surface area contributed by atoms with E-state index in [4.69, 9.17) is 4.74 Å². The number of nitrogens with one attached hydrogen (secondary N) is 2. The molecule has 7 heteroatoms. The first-order chi connectivity index (χ1) is 13.6. The maximum absolute atomic E-state index is 13.2. The van der Waals surface area contributed by atoms with Gasteiger partial charge in [0.05, 0.1) is 19.0 Å². The normalized spacial score (nSPS) is 10.4. The molecular formula is C21H19F2N3O2. The Balaban J connectivity index is 1.54. The lowest BCUT2D eigenvalue weighted by Crippen LogP contribution is -2.13. The molecule has 0 fully saturated rings. The van der Waals surface area contributed by atoms with Crippen molar-refractivity contribution in [3.63, 3.8) is 0 Å². The summed E-state index contributed by atoms with van der Waals surface area (Å²) in [6.07, 6.45) is 2.25. The topological polar surface area (TPSA) is 63.2 Å². The quantitative estimate of drug-likeness (QED) is 0.639. The Bertz CT molecular complexity index is 962. The van der Waals surface area contributed by atoms with E-state index >= 15 is 0 Å². The van der Waals surface area contributed by atoms with E-state index in [0.29, 0.717) is 18.1 Å². The number of benzene rings is 2. The molecular weight excluding hydrogens is 364 g/mol. The Morgan fingerprint density at radius 1 is 1.07 bits per heavy atom. The summed E-state index contributed by atoms with van der Waals surface area (Å²) >= 11 is 0. The SMILES string of the molecule is COc1ccccc1CCNc1ccc(NC(=O)c2ccc(F)c(F)c2)cn1. The van der Waals surface area contributed by atoms with Crippen molar-refractivity contribution in [1.29, 1.82) is 0 Å². The second-order valence-corrected chi connectivity index (χ2v) is 6.00. The number of para-hydroxylation sites is 1. The number of rotatable bonds is 7. The van der Waals surface area contributed by atoms with Gasteiger partial charge in [-0.25, -0.2) is 13.8 Å². The number of carbonyl (C=O) groups excluding carboxylic acids is 1. The zero-order chi connectivity index (χ0) is 19.9. The molecule has 0 unspecified atom stereocenters. The van der Waals surface area contributed by atoms with Crippen molar-refractivity contribution in [2.24, 2.45) is 0 Å². The fraction of sp³-hybridized carbons (Fsp3) is 0.143. The maximum Gasteiger partial charge on any atom is 0.255 e. The van der Waals surface area contributed by atoms with Gasteiger partial charge < -0.3 is 15.4 Å². The molecule has 3 rings (SSSR count). The summed E-state index contributed by atoms with van der Waals surface area (Å²) in [5.74, 6) is -1.12. The molecule has 0 atom stereocenters. The van der Waals surface area contributed by atoms with E-state index in [9.17, 15) is 13.6 Å². The number of hydrogen-bond donors (Lipinski definition) is 2. The smallest absolute Gasteiger partial charge is 0.255 e. The van der Waals surface area contributed by atoms with Crippen LogP contribution >= 0.6 is 0 Å². The van der Waals surface area contributed by atoms with Crippen LogP contribution < -0.4 is 15.4 Å². The van der Waals surface area contributed by atoms with Gasteiger partial charge in [-0.15, -0.1) is 0 Å². The van der Waals surface area contributed by atoms with Crippen molar-refractivity contribution in [3.05, 3.63) is 83.6 Å². The minimum Gasteiger partial charge on any atom is -0.496 e. The molecule has 0 bridgehead atoms. The molecule has 0 radical (unpaired) electrons. The van der Waals surface area contributed by atoms with Gasteiger partial charge in [0.1, 0.15) is 11.6 Å². The number of hydrogen-bond acceptors (Lipinski definition) is 4. The average molecular weight is 383 g/mol. The number of anilines is 2. The van der Waals surface area contributed by atoms with E-state index in [1.807, 2.05) is 24.3 Å². The molecule has 2 N–H and O–H groups in total. The fourth-order valence-electron chi connectivity index (χ4n) is 2.65. The van der Waals surface area contributed by atoms with E-state index in [0.717, 1.165) is 29.9 Å². The molecule has 0 spiro atoms. The summed E-state index contributed by atoms with van der Waals surface area (Å²) in [6.45, 7) is 0.661. The van der Waals surface area contributed by atoms with Gasteiger partial charge in [0, 0.05) is 12.1 Å². The van der Waals surface area contributed by atoms with Gasteiger partial charge in [0.2, 0.25) is 0 Å². The van der Waals surface area contributed by atoms with Gasteiger partial charge in [-0.3, -0.25) is 4.79 Å². The highest BCUT2D eigenvalue weighted by atomic mass is 19.2. The molecule has 1 aromatic heterocycles. The largest absolute Gasteiger partial charge is 0.496 e. The number of ether oxygens (including phenoxy) is 1. The summed E-state index contributed by atoms with van der Waals surface area (Å²) in [5.41, 5.74) is 1.57. The summed E-state index contributed by atoms with van der Waals surface area (Å²) < 4.78 is 31.5. The molecule has 0 saturated carbocycles. The fourth-order valence-corrected chi connectivity index (χ4v) is 2.65. The predicted octanol–water partition coefficient (Wildman–Crippen LogP) is 4.28. The Labute approximate surface area is 161 Å². The molecule has 28 heavy (non-hydrogen) atoms. The van der Waals surface area contributed by atoms with Gasteiger partial charge >= 0.3 is 0 Å². The number of nitrogens with zero attached hydrogens (tertiary/aromatic N) is 1. The van der Waals surface area contributed by atoms with Crippen LogP contribution in [0.4, 0.5) is 20.3 Å². The van der Waals surface area contributed by atoms with Crippen LogP contribution in [0.1, 0.15) is 15.9 Å². The maximum atomic E-state index is 13.2. The van der Waals surface area contributed by atoms with Crippen LogP contribution in [0.25, 0.3) is 0 Å². The number of aromatic nitrogens is 1. The third-order valence-electron chi connectivity index (χ3n) is 4.10. The molecule has 5 nitrogen and oxygen atoms in total. The number of carbonyl (C=O) groups is 1. The predicted molar refractivity (Wildman–Crippen MR) is 104 cm³/mol. The highest BCUT2D eigenvalue weighted by molar-refractivity contribution is 6.04. The number of halogens is 2. The third kappa shape index (κ3) is 4.82. The minimum atomic E-state index is -1.07. The first kappa shape index (κ1) is 19.3. The molecule has 1 amide bonds. The van der Waals surface area contributed by atoms with Crippen molar-refractivity contribution in [2.75, 3.05) is 24.3 Å². The molecule has 2 aromatic carbocycles. The Kier molecular flexibility index (Phi) is 6.16. The van der Waals surface area contributed by atoms with Crippen molar-refractivity contribution >= 4 is 17.4 Å². The Hall–Kier alpha value is -3.48. The van der Waals surface area contributed by atoms with Gasteiger partial charge in [0.15, 0.2) is 11.6 Å². The summed E-state index contributed by atoms with van der Waals surface area (Å²) in [4.78, 5) is 16.3. The monoisotopic (exact) mass is 383 g/mol. The van der Waals surface area contributed by atoms with E-state index in [-0.39, 0.29) is 5.56 Å². The average Bonchev–Trinajstić information content (AvgIpc) is 2.71. The van der Waals surface area contributed by atoms with E-state index in [1.165, 1.54) is 12.3 Å². The van der Waals surface area contributed by atoms with Crippen molar-refractivity contribution < 1.29 is 18.3 Å². The van der Waals surface area contributed by atoms with Gasteiger partial charge in [-0.1, -0.05) is 18.2 Å². The van der Waals surface area contributed by atoms with E-state index in [2.05, 4.69) is 15.6 Å². The number of pyridine rings is 1. The van der Waals surface area contributed by atoms with Crippen molar-refractivity contribution in [1.82, 2.24) is 4.98 Å².